The minimum Gasteiger partial charge on any atom is -0.489 e. The molecule has 0 aromatic heterocycles. The van der Waals surface area contributed by atoms with Crippen molar-refractivity contribution in [2.45, 2.75) is 11.5 Å². The summed E-state index contributed by atoms with van der Waals surface area (Å²) in [7, 11) is -4.04. The van der Waals surface area contributed by atoms with Crippen molar-refractivity contribution >= 4 is 27.5 Å². The molecule has 5 nitrogen and oxygen atoms in total. The average molecular weight is 420 g/mol. The standard InChI is InChI=1S/C20H15ClFNO4S/c21-16-7-9-19(10-8-16)28(25,26)23-20(24)15-4-2-6-18(12-15)27-13-14-3-1-5-17(22)11-14/h1-12H,13H2,(H,23,24). The highest BCUT2D eigenvalue weighted by Crippen LogP contribution is 2.18. The minimum atomic E-state index is -4.04. The van der Waals surface area contributed by atoms with Crippen LogP contribution in [0.2, 0.25) is 5.02 Å². The highest BCUT2D eigenvalue weighted by molar-refractivity contribution is 7.90. The molecule has 0 saturated carbocycles. The summed E-state index contributed by atoms with van der Waals surface area (Å²) < 4.78 is 45.4. The third-order valence-electron chi connectivity index (χ3n) is 3.74. The van der Waals surface area contributed by atoms with Crippen LogP contribution in [0.4, 0.5) is 4.39 Å². The molecule has 0 saturated heterocycles. The number of hydrogen-bond acceptors (Lipinski definition) is 4. The molecule has 144 valence electrons. The van der Waals surface area contributed by atoms with Crippen molar-refractivity contribution in [2.75, 3.05) is 0 Å². The summed E-state index contributed by atoms with van der Waals surface area (Å²) in [6, 6.07) is 17.4. The summed E-state index contributed by atoms with van der Waals surface area (Å²) in [4.78, 5) is 12.3. The van der Waals surface area contributed by atoms with Gasteiger partial charge in [-0.1, -0.05) is 29.8 Å². The first-order valence-corrected chi connectivity index (χ1v) is 10.00. The van der Waals surface area contributed by atoms with Crippen molar-refractivity contribution in [3.8, 4) is 5.75 Å². The second-order valence-corrected chi connectivity index (χ2v) is 7.95. The van der Waals surface area contributed by atoms with Crippen LogP contribution in [0.1, 0.15) is 15.9 Å². The van der Waals surface area contributed by atoms with E-state index < -0.39 is 15.9 Å². The first kappa shape index (κ1) is 19.9. The largest absolute Gasteiger partial charge is 0.489 e. The molecule has 0 aliphatic heterocycles. The fraction of sp³-hybridized carbons (Fsp3) is 0.0500. The Morgan fingerprint density at radius 1 is 1.00 bits per heavy atom. The maximum absolute atomic E-state index is 13.2. The molecule has 3 aromatic carbocycles. The van der Waals surface area contributed by atoms with Gasteiger partial charge < -0.3 is 4.74 Å². The van der Waals surface area contributed by atoms with Gasteiger partial charge >= 0.3 is 0 Å². The van der Waals surface area contributed by atoms with Crippen LogP contribution < -0.4 is 9.46 Å². The Bertz CT molecular complexity index is 1100. The molecule has 8 heteroatoms. The SMILES string of the molecule is O=C(NS(=O)(=O)c1ccc(Cl)cc1)c1cccc(OCc2cccc(F)c2)c1. The smallest absolute Gasteiger partial charge is 0.265 e. The van der Waals surface area contributed by atoms with Gasteiger partial charge in [-0.3, -0.25) is 4.79 Å². The Kier molecular flexibility index (Phi) is 5.96. The van der Waals surface area contributed by atoms with Gasteiger partial charge in [0.15, 0.2) is 0 Å². The second-order valence-electron chi connectivity index (χ2n) is 5.83. The van der Waals surface area contributed by atoms with E-state index in [1.165, 1.54) is 48.5 Å². The molecule has 0 unspecified atom stereocenters. The summed E-state index contributed by atoms with van der Waals surface area (Å²) in [5, 5.41) is 0.383. The lowest BCUT2D eigenvalue weighted by Gasteiger charge is -2.10. The Balaban J connectivity index is 1.70. The third kappa shape index (κ3) is 5.09. The van der Waals surface area contributed by atoms with E-state index in [9.17, 15) is 17.6 Å². The zero-order chi connectivity index (χ0) is 20.1. The van der Waals surface area contributed by atoms with Gasteiger partial charge in [-0.05, 0) is 60.2 Å². The first-order chi connectivity index (χ1) is 13.3. The highest BCUT2D eigenvalue weighted by Gasteiger charge is 2.19. The van der Waals surface area contributed by atoms with E-state index in [4.69, 9.17) is 16.3 Å². The number of hydrogen-bond donors (Lipinski definition) is 1. The molecule has 1 amide bonds. The number of halogens is 2. The Hall–Kier alpha value is -2.90. The van der Waals surface area contributed by atoms with Crippen LogP contribution in [0.3, 0.4) is 0 Å². The van der Waals surface area contributed by atoms with E-state index in [0.29, 0.717) is 16.3 Å². The van der Waals surface area contributed by atoms with E-state index in [2.05, 4.69) is 0 Å². The monoisotopic (exact) mass is 419 g/mol. The topological polar surface area (TPSA) is 72.5 Å². The fourth-order valence-corrected chi connectivity index (χ4v) is 3.47. The number of sulfonamides is 1. The molecule has 3 rings (SSSR count). The quantitative estimate of drug-likeness (QED) is 0.650. The van der Waals surface area contributed by atoms with Gasteiger partial charge in [0.05, 0.1) is 4.90 Å². The lowest BCUT2D eigenvalue weighted by Crippen LogP contribution is -2.30. The van der Waals surface area contributed by atoms with Crippen molar-refractivity contribution in [3.05, 3.63) is 94.8 Å². The summed E-state index contributed by atoms with van der Waals surface area (Å²) in [5.74, 6) is -0.825. The Morgan fingerprint density at radius 2 is 1.71 bits per heavy atom. The van der Waals surface area contributed by atoms with Gasteiger partial charge in [0.2, 0.25) is 0 Å². The zero-order valence-electron chi connectivity index (χ0n) is 14.4. The normalized spacial score (nSPS) is 11.1. The van der Waals surface area contributed by atoms with Gasteiger partial charge in [0.25, 0.3) is 15.9 Å². The van der Waals surface area contributed by atoms with Gasteiger partial charge in [-0.15, -0.1) is 0 Å². The molecule has 0 atom stereocenters. The number of carbonyl (C=O) groups is 1. The molecule has 0 aliphatic carbocycles. The van der Waals surface area contributed by atoms with Gasteiger partial charge in [-0.25, -0.2) is 17.5 Å². The number of nitrogens with one attached hydrogen (secondary N) is 1. The lowest BCUT2D eigenvalue weighted by molar-refractivity contribution is 0.0981. The van der Waals surface area contributed by atoms with Crippen LogP contribution in [0, 0.1) is 5.82 Å². The highest BCUT2D eigenvalue weighted by atomic mass is 35.5. The molecule has 0 aliphatic rings. The number of carbonyl (C=O) groups excluding carboxylic acids is 1. The van der Waals surface area contributed by atoms with Crippen molar-refractivity contribution in [3.63, 3.8) is 0 Å². The molecular weight excluding hydrogens is 405 g/mol. The van der Waals surface area contributed by atoms with Crippen LogP contribution in [-0.4, -0.2) is 14.3 Å². The molecule has 28 heavy (non-hydrogen) atoms. The van der Waals surface area contributed by atoms with Gasteiger partial charge in [0, 0.05) is 10.6 Å². The molecule has 3 aromatic rings. The molecule has 0 bridgehead atoms. The van der Waals surface area contributed by atoms with E-state index in [0.717, 1.165) is 0 Å². The maximum atomic E-state index is 13.2. The van der Waals surface area contributed by atoms with Crippen LogP contribution in [0.5, 0.6) is 5.75 Å². The predicted molar refractivity (Wildman–Crippen MR) is 103 cm³/mol. The summed E-state index contributed by atoms with van der Waals surface area (Å²) in [6.07, 6.45) is 0. The third-order valence-corrected chi connectivity index (χ3v) is 5.34. The molecular formula is C20H15ClFNO4S. The maximum Gasteiger partial charge on any atom is 0.265 e. The van der Waals surface area contributed by atoms with Crippen molar-refractivity contribution in [1.82, 2.24) is 4.72 Å². The molecule has 0 fully saturated rings. The van der Waals surface area contributed by atoms with E-state index in [-0.39, 0.29) is 22.9 Å². The molecule has 0 radical (unpaired) electrons. The number of amides is 1. The van der Waals surface area contributed by atoms with Crippen LogP contribution in [0.25, 0.3) is 0 Å². The fourth-order valence-electron chi connectivity index (χ4n) is 2.37. The van der Waals surface area contributed by atoms with Crippen LogP contribution >= 0.6 is 11.6 Å². The zero-order valence-corrected chi connectivity index (χ0v) is 16.0. The van der Waals surface area contributed by atoms with E-state index in [1.54, 1.807) is 24.3 Å². The number of ether oxygens (including phenoxy) is 1. The molecule has 0 spiro atoms. The van der Waals surface area contributed by atoms with Crippen molar-refractivity contribution in [1.29, 1.82) is 0 Å². The summed E-state index contributed by atoms with van der Waals surface area (Å²) >= 11 is 5.75. The van der Waals surface area contributed by atoms with Crippen molar-refractivity contribution in [2.24, 2.45) is 0 Å². The summed E-state index contributed by atoms with van der Waals surface area (Å²) in [5.41, 5.74) is 0.731. The predicted octanol–water partition coefficient (Wildman–Crippen LogP) is 4.18. The number of rotatable bonds is 6. The molecule has 1 N–H and O–H groups in total. The first-order valence-electron chi connectivity index (χ1n) is 8.13. The second kappa shape index (κ2) is 8.41. The average Bonchev–Trinajstić information content (AvgIpc) is 2.67. The lowest BCUT2D eigenvalue weighted by atomic mass is 10.2. The number of benzene rings is 3. The van der Waals surface area contributed by atoms with Gasteiger partial charge in [0.1, 0.15) is 18.2 Å². The van der Waals surface area contributed by atoms with Crippen molar-refractivity contribution < 1.29 is 22.3 Å². The van der Waals surface area contributed by atoms with Gasteiger partial charge in [-0.2, -0.15) is 0 Å². The van der Waals surface area contributed by atoms with Crippen LogP contribution in [0.15, 0.2) is 77.7 Å². The molecule has 0 heterocycles. The Labute approximate surface area is 166 Å². The van der Waals surface area contributed by atoms with Crippen LogP contribution in [-0.2, 0) is 16.6 Å². The van der Waals surface area contributed by atoms with E-state index in [1.807, 2.05) is 4.72 Å². The summed E-state index contributed by atoms with van der Waals surface area (Å²) in [6.45, 7) is 0.103. The Morgan fingerprint density at radius 3 is 2.43 bits per heavy atom. The minimum absolute atomic E-state index is 0.0799. The van der Waals surface area contributed by atoms with E-state index >= 15 is 0 Å².